The van der Waals surface area contributed by atoms with E-state index in [9.17, 15) is 13.2 Å². The summed E-state index contributed by atoms with van der Waals surface area (Å²) < 4.78 is 37.1. The Kier molecular flexibility index (Phi) is 6.31. The lowest BCUT2D eigenvalue weighted by molar-refractivity contribution is -0.137. The second kappa shape index (κ2) is 7.50. The Morgan fingerprint density at radius 1 is 1.00 bits per heavy atom. The topological polar surface area (TPSA) is 24.1 Å². The standard InChI is InChI=1S/C14H21F3N2/c1-11(2)19-10-9-18-8-7-12-3-5-13(6-4-12)14(15,16)17/h3-6,11,18-19H,7-10H2,1-2H3. The summed E-state index contributed by atoms with van der Waals surface area (Å²) in [6, 6.07) is 5.82. The maximum Gasteiger partial charge on any atom is 0.416 e. The van der Waals surface area contributed by atoms with Gasteiger partial charge in [-0.15, -0.1) is 0 Å². The van der Waals surface area contributed by atoms with Crippen molar-refractivity contribution >= 4 is 0 Å². The molecule has 0 aromatic heterocycles. The molecule has 0 amide bonds. The van der Waals surface area contributed by atoms with Crippen LogP contribution in [0.5, 0.6) is 0 Å². The van der Waals surface area contributed by atoms with E-state index < -0.39 is 11.7 Å². The van der Waals surface area contributed by atoms with Crippen molar-refractivity contribution in [2.75, 3.05) is 19.6 Å². The van der Waals surface area contributed by atoms with Gasteiger partial charge in [-0.2, -0.15) is 13.2 Å². The van der Waals surface area contributed by atoms with Crippen LogP contribution in [-0.2, 0) is 12.6 Å². The van der Waals surface area contributed by atoms with Gasteiger partial charge in [0.15, 0.2) is 0 Å². The number of benzene rings is 1. The molecule has 0 bridgehead atoms. The Balaban J connectivity index is 2.23. The van der Waals surface area contributed by atoms with Gasteiger partial charge in [0.25, 0.3) is 0 Å². The van der Waals surface area contributed by atoms with Crippen molar-refractivity contribution in [2.45, 2.75) is 32.5 Å². The van der Waals surface area contributed by atoms with Gasteiger partial charge in [0.1, 0.15) is 0 Å². The first-order chi connectivity index (χ1) is 8.89. The third-order valence-corrected chi connectivity index (χ3v) is 2.73. The fourth-order valence-electron chi connectivity index (χ4n) is 1.67. The molecule has 1 rings (SSSR count). The molecule has 0 aliphatic heterocycles. The lowest BCUT2D eigenvalue weighted by atomic mass is 10.1. The highest BCUT2D eigenvalue weighted by molar-refractivity contribution is 5.24. The van der Waals surface area contributed by atoms with Crippen LogP contribution >= 0.6 is 0 Å². The Morgan fingerprint density at radius 2 is 1.63 bits per heavy atom. The molecule has 0 saturated carbocycles. The molecule has 2 N–H and O–H groups in total. The summed E-state index contributed by atoms with van der Waals surface area (Å²) in [6.07, 6.45) is -3.51. The quantitative estimate of drug-likeness (QED) is 0.747. The Bertz CT molecular complexity index is 358. The summed E-state index contributed by atoms with van der Waals surface area (Å²) in [5.41, 5.74) is 0.322. The smallest absolute Gasteiger partial charge is 0.315 e. The summed E-state index contributed by atoms with van der Waals surface area (Å²) in [5.74, 6) is 0. The van der Waals surface area contributed by atoms with Gasteiger partial charge in [-0.25, -0.2) is 0 Å². The van der Waals surface area contributed by atoms with Gasteiger partial charge >= 0.3 is 6.18 Å². The summed E-state index contributed by atoms with van der Waals surface area (Å²) in [4.78, 5) is 0. The average Bonchev–Trinajstić information content (AvgIpc) is 2.32. The first kappa shape index (κ1) is 16.0. The van der Waals surface area contributed by atoms with Crippen LogP contribution in [0.25, 0.3) is 0 Å². The highest BCUT2D eigenvalue weighted by atomic mass is 19.4. The lowest BCUT2D eigenvalue weighted by Crippen LogP contribution is -2.32. The van der Waals surface area contributed by atoms with Crippen LogP contribution < -0.4 is 10.6 Å². The summed E-state index contributed by atoms with van der Waals surface area (Å²) in [5, 5.41) is 6.53. The van der Waals surface area contributed by atoms with Crippen LogP contribution in [0.1, 0.15) is 25.0 Å². The molecule has 108 valence electrons. The van der Waals surface area contributed by atoms with Crippen molar-refractivity contribution in [2.24, 2.45) is 0 Å². The normalized spacial score (nSPS) is 12.1. The van der Waals surface area contributed by atoms with Crippen LogP contribution in [0.15, 0.2) is 24.3 Å². The van der Waals surface area contributed by atoms with Crippen LogP contribution in [0.2, 0.25) is 0 Å². The molecule has 2 nitrogen and oxygen atoms in total. The van der Waals surface area contributed by atoms with Crippen molar-refractivity contribution < 1.29 is 13.2 Å². The van der Waals surface area contributed by atoms with Gasteiger partial charge in [0.05, 0.1) is 5.56 Å². The highest BCUT2D eigenvalue weighted by Gasteiger charge is 2.29. The molecular formula is C14H21F3N2. The molecule has 0 saturated heterocycles. The fourth-order valence-corrected chi connectivity index (χ4v) is 1.67. The molecule has 19 heavy (non-hydrogen) atoms. The van der Waals surface area contributed by atoms with Gasteiger partial charge in [-0.05, 0) is 30.7 Å². The van der Waals surface area contributed by atoms with E-state index in [1.165, 1.54) is 12.1 Å². The minimum Gasteiger partial charge on any atom is -0.315 e. The molecule has 0 aliphatic carbocycles. The molecule has 1 aromatic carbocycles. The molecule has 0 unspecified atom stereocenters. The molecular weight excluding hydrogens is 253 g/mol. The zero-order chi connectivity index (χ0) is 14.3. The van der Waals surface area contributed by atoms with Crippen LogP contribution in [-0.4, -0.2) is 25.7 Å². The largest absolute Gasteiger partial charge is 0.416 e. The van der Waals surface area contributed by atoms with Crippen molar-refractivity contribution in [3.8, 4) is 0 Å². The van der Waals surface area contributed by atoms with Gasteiger partial charge in [-0.1, -0.05) is 26.0 Å². The van der Waals surface area contributed by atoms with Crippen molar-refractivity contribution in [1.29, 1.82) is 0 Å². The number of halogens is 3. The lowest BCUT2D eigenvalue weighted by Gasteiger charge is -2.10. The van der Waals surface area contributed by atoms with Gasteiger partial charge < -0.3 is 10.6 Å². The maximum absolute atomic E-state index is 12.4. The van der Waals surface area contributed by atoms with E-state index in [4.69, 9.17) is 0 Å². The van der Waals surface area contributed by atoms with E-state index in [0.717, 1.165) is 43.8 Å². The number of nitrogens with one attached hydrogen (secondary N) is 2. The van der Waals surface area contributed by atoms with Crippen LogP contribution in [0.4, 0.5) is 13.2 Å². The average molecular weight is 274 g/mol. The predicted octanol–water partition coefficient (Wildman–Crippen LogP) is 2.84. The highest BCUT2D eigenvalue weighted by Crippen LogP contribution is 2.29. The summed E-state index contributed by atoms with van der Waals surface area (Å²) >= 11 is 0. The first-order valence-corrected chi connectivity index (χ1v) is 6.50. The second-order valence-electron chi connectivity index (χ2n) is 4.80. The second-order valence-corrected chi connectivity index (χ2v) is 4.80. The summed E-state index contributed by atoms with van der Waals surface area (Å²) in [6.45, 7) is 6.69. The SMILES string of the molecule is CC(C)NCCNCCc1ccc(C(F)(F)F)cc1. The Morgan fingerprint density at radius 3 is 2.16 bits per heavy atom. The van der Waals surface area contributed by atoms with Crippen LogP contribution in [0, 0.1) is 0 Å². The number of hydrogen-bond donors (Lipinski definition) is 2. The Labute approximate surface area is 112 Å². The van der Waals surface area contributed by atoms with E-state index in [2.05, 4.69) is 24.5 Å². The molecule has 1 aromatic rings. The molecule has 5 heteroatoms. The third kappa shape index (κ3) is 6.59. The van der Waals surface area contributed by atoms with Crippen molar-refractivity contribution in [3.63, 3.8) is 0 Å². The van der Waals surface area contributed by atoms with Gasteiger partial charge in [-0.3, -0.25) is 0 Å². The molecule has 0 heterocycles. The molecule has 0 fully saturated rings. The zero-order valence-electron chi connectivity index (χ0n) is 11.3. The minimum atomic E-state index is -4.25. The monoisotopic (exact) mass is 274 g/mol. The van der Waals surface area contributed by atoms with Gasteiger partial charge in [0, 0.05) is 19.1 Å². The Hall–Kier alpha value is -1.07. The predicted molar refractivity (Wildman–Crippen MR) is 71.2 cm³/mol. The van der Waals surface area contributed by atoms with E-state index in [0.29, 0.717) is 6.04 Å². The molecule has 0 radical (unpaired) electrons. The maximum atomic E-state index is 12.4. The van der Waals surface area contributed by atoms with Crippen LogP contribution in [0.3, 0.4) is 0 Å². The van der Waals surface area contributed by atoms with E-state index in [1.807, 2.05) is 0 Å². The zero-order valence-corrected chi connectivity index (χ0v) is 11.3. The minimum absolute atomic E-state index is 0.469. The van der Waals surface area contributed by atoms with E-state index >= 15 is 0 Å². The van der Waals surface area contributed by atoms with Crippen molar-refractivity contribution in [1.82, 2.24) is 10.6 Å². The van der Waals surface area contributed by atoms with E-state index in [-0.39, 0.29) is 0 Å². The number of rotatable bonds is 7. The molecule has 0 atom stereocenters. The van der Waals surface area contributed by atoms with Crippen molar-refractivity contribution in [3.05, 3.63) is 35.4 Å². The fraction of sp³-hybridized carbons (Fsp3) is 0.571. The van der Waals surface area contributed by atoms with Gasteiger partial charge in [0.2, 0.25) is 0 Å². The number of hydrogen-bond acceptors (Lipinski definition) is 2. The molecule has 0 spiro atoms. The number of alkyl halides is 3. The third-order valence-electron chi connectivity index (χ3n) is 2.73. The molecule has 0 aliphatic rings. The van der Waals surface area contributed by atoms with E-state index in [1.54, 1.807) is 0 Å². The first-order valence-electron chi connectivity index (χ1n) is 6.50. The summed E-state index contributed by atoms with van der Waals surface area (Å²) in [7, 11) is 0.